The van der Waals surface area contributed by atoms with Crippen LogP contribution < -0.4 is 15.6 Å². The van der Waals surface area contributed by atoms with Gasteiger partial charge in [-0.25, -0.2) is 0 Å². The summed E-state index contributed by atoms with van der Waals surface area (Å²) in [6.07, 6.45) is -2.05. The molecular formula is C25H19ClF3N5O3. The van der Waals surface area contributed by atoms with E-state index in [9.17, 15) is 22.8 Å². The molecule has 1 amide bonds. The molecule has 1 fully saturated rings. The highest BCUT2D eigenvalue weighted by atomic mass is 35.5. The first kappa shape index (κ1) is 23.5. The monoisotopic (exact) mass is 529 g/mol. The summed E-state index contributed by atoms with van der Waals surface area (Å²) in [4.78, 5) is 30.4. The molecule has 0 bridgehead atoms. The minimum Gasteiger partial charge on any atom is -0.493 e. The van der Waals surface area contributed by atoms with E-state index in [4.69, 9.17) is 16.3 Å². The molecule has 4 aromatic rings. The highest BCUT2D eigenvalue weighted by Crippen LogP contribution is 2.40. The van der Waals surface area contributed by atoms with Crippen molar-refractivity contribution in [2.24, 2.45) is 0 Å². The van der Waals surface area contributed by atoms with Crippen LogP contribution in [0.2, 0.25) is 5.02 Å². The van der Waals surface area contributed by atoms with Gasteiger partial charge in [-0.15, -0.1) is 5.10 Å². The lowest BCUT2D eigenvalue weighted by atomic mass is 10.1. The zero-order chi connectivity index (χ0) is 25.9. The van der Waals surface area contributed by atoms with Crippen molar-refractivity contribution in [3.05, 3.63) is 74.7 Å². The van der Waals surface area contributed by atoms with Crippen molar-refractivity contribution in [1.82, 2.24) is 19.2 Å². The minimum absolute atomic E-state index is 0.0484. The number of benzene rings is 2. The number of fused-ring (bicyclic) bond motifs is 2. The number of carbonyl (C=O) groups is 1. The summed E-state index contributed by atoms with van der Waals surface area (Å²) >= 11 is 6.00. The van der Waals surface area contributed by atoms with E-state index in [2.05, 4.69) is 15.4 Å². The van der Waals surface area contributed by atoms with E-state index < -0.39 is 17.6 Å². The molecule has 0 atom stereocenters. The van der Waals surface area contributed by atoms with E-state index in [-0.39, 0.29) is 34.5 Å². The number of alkyl halides is 3. The van der Waals surface area contributed by atoms with Crippen LogP contribution >= 0.6 is 11.6 Å². The smallest absolute Gasteiger partial charge is 0.416 e. The van der Waals surface area contributed by atoms with Gasteiger partial charge in [-0.3, -0.25) is 9.59 Å². The van der Waals surface area contributed by atoms with Crippen LogP contribution in [-0.4, -0.2) is 31.7 Å². The first-order valence-corrected chi connectivity index (χ1v) is 12.0. The molecule has 1 aliphatic carbocycles. The van der Waals surface area contributed by atoms with Gasteiger partial charge in [0, 0.05) is 23.7 Å². The molecule has 2 aliphatic rings. The first-order valence-electron chi connectivity index (χ1n) is 11.6. The van der Waals surface area contributed by atoms with Crippen LogP contribution in [0, 0.1) is 0 Å². The van der Waals surface area contributed by atoms with Gasteiger partial charge in [0.1, 0.15) is 12.3 Å². The molecular weight excluding hydrogens is 511 g/mol. The van der Waals surface area contributed by atoms with Crippen LogP contribution in [0.15, 0.2) is 47.3 Å². The summed E-state index contributed by atoms with van der Waals surface area (Å²) in [6, 6.07) is 9.75. The molecule has 2 aromatic carbocycles. The quantitative estimate of drug-likeness (QED) is 0.405. The Morgan fingerprint density at radius 2 is 1.97 bits per heavy atom. The summed E-state index contributed by atoms with van der Waals surface area (Å²) < 4.78 is 47.2. The third kappa shape index (κ3) is 4.43. The van der Waals surface area contributed by atoms with Crippen LogP contribution in [0.25, 0.3) is 17.2 Å². The molecule has 1 aliphatic heterocycles. The summed E-state index contributed by atoms with van der Waals surface area (Å²) in [6.45, 7) is 0.369. The normalized spacial score (nSPS) is 15.0. The molecule has 0 spiro atoms. The molecule has 8 nitrogen and oxygen atoms in total. The molecule has 3 heterocycles. The van der Waals surface area contributed by atoms with E-state index in [1.54, 1.807) is 4.57 Å². The van der Waals surface area contributed by atoms with Crippen LogP contribution in [0.5, 0.6) is 5.75 Å². The molecule has 1 N–H and O–H groups in total. The third-order valence-corrected chi connectivity index (χ3v) is 6.75. The molecule has 190 valence electrons. The molecule has 0 saturated heterocycles. The summed E-state index contributed by atoms with van der Waals surface area (Å²) in [5, 5.41) is 6.73. The fourth-order valence-corrected chi connectivity index (χ4v) is 4.69. The molecule has 2 aromatic heterocycles. The summed E-state index contributed by atoms with van der Waals surface area (Å²) in [5.41, 5.74) is 1.18. The highest BCUT2D eigenvalue weighted by Gasteiger charge is 2.32. The Morgan fingerprint density at radius 3 is 2.70 bits per heavy atom. The predicted octanol–water partition coefficient (Wildman–Crippen LogP) is 4.68. The summed E-state index contributed by atoms with van der Waals surface area (Å²) in [7, 11) is 0. The van der Waals surface area contributed by atoms with Crippen LogP contribution in [-0.2, 0) is 23.9 Å². The Balaban J connectivity index is 1.35. The second-order valence-electron chi connectivity index (χ2n) is 9.08. The number of aromatic nitrogens is 4. The average molecular weight is 530 g/mol. The van der Waals surface area contributed by atoms with Gasteiger partial charge in [0.25, 0.3) is 5.56 Å². The van der Waals surface area contributed by atoms with Crippen molar-refractivity contribution in [1.29, 1.82) is 0 Å². The van der Waals surface area contributed by atoms with Crippen LogP contribution in [0.1, 0.15) is 35.6 Å². The fraction of sp³-hybridized carbons (Fsp3) is 0.280. The van der Waals surface area contributed by atoms with E-state index in [0.29, 0.717) is 23.7 Å². The number of nitrogens with one attached hydrogen (secondary N) is 1. The number of ether oxygens (including phenoxy) is 1. The lowest BCUT2D eigenvalue weighted by molar-refractivity contribution is -0.137. The van der Waals surface area contributed by atoms with E-state index in [1.807, 2.05) is 18.2 Å². The highest BCUT2D eigenvalue weighted by molar-refractivity contribution is 6.33. The maximum absolute atomic E-state index is 13.0. The van der Waals surface area contributed by atoms with Gasteiger partial charge in [-0.2, -0.15) is 22.7 Å². The van der Waals surface area contributed by atoms with Crippen molar-refractivity contribution in [3.8, 4) is 17.1 Å². The SMILES string of the molecule is O=C(Cn1c(C2CC2)cc(=O)n2nc(-c3ccc4c(c3)CCO4)nc12)Nc1ccc(C(F)(F)F)cc1Cl. The number of hydrogen-bond acceptors (Lipinski definition) is 5. The van der Waals surface area contributed by atoms with Crippen molar-refractivity contribution < 1.29 is 22.7 Å². The number of carbonyl (C=O) groups excluding carboxylic acids is 1. The van der Waals surface area contributed by atoms with Crippen molar-refractivity contribution in [3.63, 3.8) is 0 Å². The van der Waals surface area contributed by atoms with Crippen LogP contribution in [0.3, 0.4) is 0 Å². The maximum Gasteiger partial charge on any atom is 0.416 e. The minimum atomic E-state index is -4.55. The van der Waals surface area contributed by atoms with Gasteiger partial charge in [-0.05, 0) is 60.7 Å². The van der Waals surface area contributed by atoms with E-state index in [1.165, 1.54) is 6.07 Å². The lowest BCUT2D eigenvalue weighted by Crippen LogP contribution is -2.26. The Bertz CT molecular complexity index is 1620. The number of halogens is 4. The topological polar surface area (TPSA) is 90.5 Å². The second-order valence-corrected chi connectivity index (χ2v) is 9.48. The fourth-order valence-electron chi connectivity index (χ4n) is 4.46. The van der Waals surface area contributed by atoms with Gasteiger partial charge in [0.15, 0.2) is 5.82 Å². The molecule has 37 heavy (non-hydrogen) atoms. The Morgan fingerprint density at radius 1 is 1.16 bits per heavy atom. The van der Waals surface area contributed by atoms with Crippen LogP contribution in [0.4, 0.5) is 18.9 Å². The van der Waals surface area contributed by atoms with E-state index in [0.717, 1.165) is 53.3 Å². The zero-order valence-corrected chi connectivity index (χ0v) is 19.9. The van der Waals surface area contributed by atoms with Crippen molar-refractivity contribution in [2.45, 2.75) is 37.9 Å². The largest absolute Gasteiger partial charge is 0.493 e. The Hall–Kier alpha value is -3.86. The number of hydrogen-bond donors (Lipinski definition) is 1. The average Bonchev–Trinajstić information content (AvgIpc) is 3.40. The van der Waals surface area contributed by atoms with Gasteiger partial charge in [0.2, 0.25) is 11.7 Å². The molecule has 0 unspecified atom stereocenters. The summed E-state index contributed by atoms with van der Waals surface area (Å²) in [5.74, 6) is 0.919. The van der Waals surface area contributed by atoms with E-state index >= 15 is 0 Å². The molecule has 0 radical (unpaired) electrons. The number of amides is 1. The van der Waals surface area contributed by atoms with Gasteiger partial charge in [-0.1, -0.05) is 11.6 Å². The number of nitrogens with zero attached hydrogens (tertiary/aromatic N) is 4. The lowest BCUT2D eigenvalue weighted by Gasteiger charge is -2.15. The molecule has 6 rings (SSSR count). The molecule has 1 saturated carbocycles. The zero-order valence-electron chi connectivity index (χ0n) is 19.2. The van der Waals surface area contributed by atoms with Crippen molar-refractivity contribution >= 4 is 29.0 Å². The van der Waals surface area contributed by atoms with Gasteiger partial charge >= 0.3 is 6.18 Å². The number of rotatable bonds is 5. The van der Waals surface area contributed by atoms with Gasteiger partial charge in [0.05, 0.1) is 22.9 Å². The standard InChI is InChI=1S/C25H19ClF3N5O3/c26-17-10-16(25(27,28)29)4-5-18(17)30-21(35)12-33-19(13-1-2-13)11-22(36)34-24(33)31-23(32-34)15-3-6-20-14(9-15)7-8-37-20/h3-6,9-11,13H,1-2,7-8,12H2,(H,30,35). The Labute approximate surface area is 212 Å². The van der Waals surface area contributed by atoms with Gasteiger partial charge < -0.3 is 14.6 Å². The van der Waals surface area contributed by atoms with Crippen molar-refractivity contribution in [2.75, 3.05) is 11.9 Å². The molecule has 12 heteroatoms. The third-order valence-electron chi connectivity index (χ3n) is 6.44. The maximum atomic E-state index is 13.0. The number of anilines is 1. The second kappa shape index (κ2) is 8.62. The predicted molar refractivity (Wildman–Crippen MR) is 129 cm³/mol. The Kier molecular flexibility index (Phi) is 5.48. The first-order chi connectivity index (χ1) is 17.7.